The van der Waals surface area contributed by atoms with Gasteiger partial charge in [-0.15, -0.1) is 0 Å². The highest BCUT2D eigenvalue weighted by Crippen LogP contribution is 1.98. The zero-order valence-corrected chi connectivity index (χ0v) is 10.2. The maximum Gasteiger partial charge on any atom is 0.126 e. The average Bonchev–Trinajstić information content (AvgIpc) is 2.59. The molecule has 0 aliphatic carbocycles. The fourth-order valence-corrected chi connectivity index (χ4v) is 2.22. The van der Waals surface area contributed by atoms with Crippen LogP contribution in [0.3, 0.4) is 0 Å². The molecule has 1 saturated heterocycles. The van der Waals surface area contributed by atoms with Crippen molar-refractivity contribution in [2.45, 2.75) is 51.7 Å². The lowest BCUT2D eigenvalue weighted by molar-refractivity contribution is -0.913. The zero-order valence-electron chi connectivity index (χ0n) is 10.2. The van der Waals surface area contributed by atoms with Gasteiger partial charge in [-0.25, -0.2) is 0 Å². The van der Waals surface area contributed by atoms with Crippen LogP contribution in [0.1, 0.15) is 39.5 Å². The third kappa shape index (κ3) is 4.96. The van der Waals surface area contributed by atoms with E-state index >= 15 is 0 Å². The van der Waals surface area contributed by atoms with Crippen LogP contribution >= 0.6 is 0 Å². The van der Waals surface area contributed by atoms with Crippen molar-refractivity contribution in [2.24, 2.45) is 0 Å². The Balaban J connectivity index is 2.04. The van der Waals surface area contributed by atoms with Crippen LogP contribution in [0.2, 0.25) is 0 Å². The lowest BCUT2D eigenvalue weighted by atomic mass is 10.2. The van der Waals surface area contributed by atoms with Crippen LogP contribution in [0.25, 0.3) is 0 Å². The Morgan fingerprint density at radius 2 is 2.33 bits per heavy atom. The van der Waals surface area contributed by atoms with E-state index in [0.717, 1.165) is 32.0 Å². The molecule has 3 nitrogen and oxygen atoms in total. The van der Waals surface area contributed by atoms with Crippen LogP contribution in [-0.2, 0) is 4.74 Å². The van der Waals surface area contributed by atoms with Crippen molar-refractivity contribution in [3.05, 3.63) is 0 Å². The Kier molecular flexibility index (Phi) is 6.22. The Morgan fingerprint density at radius 1 is 1.53 bits per heavy atom. The molecule has 0 saturated carbocycles. The van der Waals surface area contributed by atoms with E-state index < -0.39 is 0 Å². The molecule has 1 unspecified atom stereocenters. The third-order valence-electron chi connectivity index (χ3n) is 3.28. The van der Waals surface area contributed by atoms with Gasteiger partial charge in [0.1, 0.15) is 12.6 Å². The number of hydrogen-bond donors (Lipinski definition) is 2. The van der Waals surface area contributed by atoms with Crippen molar-refractivity contribution in [3.63, 3.8) is 0 Å². The molecule has 0 spiro atoms. The number of quaternary nitrogens is 1. The van der Waals surface area contributed by atoms with Gasteiger partial charge in [0.25, 0.3) is 0 Å². The summed E-state index contributed by atoms with van der Waals surface area (Å²) in [6, 6.07) is 0.718. The number of aliphatic hydroxyl groups is 1. The van der Waals surface area contributed by atoms with Crippen molar-refractivity contribution < 1.29 is 14.7 Å². The normalized spacial score (nSPS) is 28.2. The van der Waals surface area contributed by atoms with Gasteiger partial charge in [-0.05, 0) is 13.3 Å². The molecule has 1 aliphatic heterocycles. The lowest BCUT2D eigenvalue weighted by Gasteiger charge is -2.21. The van der Waals surface area contributed by atoms with E-state index in [9.17, 15) is 5.11 Å². The second-order valence-corrected chi connectivity index (χ2v) is 4.74. The summed E-state index contributed by atoms with van der Waals surface area (Å²) in [6.07, 6.45) is 4.58. The lowest BCUT2D eigenvalue weighted by Crippen LogP contribution is -3.14. The fraction of sp³-hybridized carbons (Fsp3) is 1.00. The molecule has 1 rings (SSSR count). The Morgan fingerprint density at radius 3 is 2.93 bits per heavy atom. The number of rotatable bonds is 7. The monoisotopic (exact) mass is 216 g/mol. The van der Waals surface area contributed by atoms with Crippen molar-refractivity contribution in [3.8, 4) is 0 Å². The molecule has 0 radical (unpaired) electrons. The molecular weight excluding hydrogens is 190 g/mol. The summed E-state index contributed by atoms with van der Waals surface area (Å²) >= 11 is 0. The first-order chi connectivity index (χ1) is 7.24. The number of aliphatic hydroxyl groups excluding tert-OH is 1. The zero-order chi connectivity index (χ0) is 11.1. The summed E-state index contributed by atoms with van der Waals surface area (Å²) in [5.41, 5.74) is 0. The van der Waals surface area contributed by atoms with E-state index in [2.05, 4.69) is 13.8 Å². The van der Waals surface area contributed by atoms with Crippen LogP contribution in [0.15, 0.2) is 0 Å². The summed E-state index contributed by atoms with van der Waals surface area (Å²) in [5.74, 6) is 0. The van der Waals surface area contributed by atoms with Crippen LogP contribution in [-0.4, -0.2) is 43.6 Å². The van der Waals surface area contributed by atoms with Crippen LogP contribution < -0.4 is 4.90 Å². The smallest absolute Gasteiger partial charge is 0.126 e. The number of ether oxygens (including phenoxy) is 1. The van der Waals surface area contributed by atoms with Gasteiger partial charge in [-0.3, -0.25) is 0 Å². The second kappa shape index (κ2) is 7.20. The van der Waals surface area contributed by atoms with Gasteiger partial charge >= 0.3 is 0 Å². The molecule has 1 fully saturated rings. The van der Waals surface area contributed by atoms with E-state index in [1.807, 2.05) is 0 Å². The number of likely N-dealkylation sites (tertiary alicyclic amines) is 1. The first kappa shape index (κ1) is 12.9. The summed E-state index contributed by atoms with van der Waals surface area (Å²) < 4.78 is 5.42. The van der Waals surface area contributed by atoms with Crippen LogP contribution in [0.5, 0.6) is 0 Å². The molecule has 90 valence electrons. The van der Waals surface area contributed by atoms with E-state index in [4.69, 9.17) is 4.74 Å². The number of hydrogen-bond acceptors (Lipinski definition) is 2. The highest BCUT2D eigenvalue weighted by molar-refractivity contribution is 4.59. The Labute approximate surface area is 93.4 Å². The molecule has 0 aromatic heterocycles. The van der Waals surface area contributed by atoms with Gasteiger partial charge in [-0.2, -0.15) is 0 Å². The molecule has 0 aromatic rings. The number of nitrogens with one attached hydrogen (secondary N) is 1. The first-order valence-corrected chi connectivity index (χ1v) is 6.34. The van der Waals surface area contributed by atoms with Gasteiger partial charge in [0, 0.05) is 19.4 Å². The Bertz CT molecular complexity index is 164. The van der Waals surface area contributed by atoms with Crippen LogP contribution in [0.4, 0.5) is 0 Å². The average molecular weight is 216 g/mol. The summed E-state index contributed by atoms with van der Waals surface area (Å²) in [5, 5.41) is 9.78. The molecule has 3 atom stereocenters. The minimum Gasteiger partial charge on any atom is -0.385 e. The van der Waals surface area contributed by atoms with Crippen molar-refractivity contribution in [1.82, 2.24) is 0 Å². The minimum atomic E-state index is -0.280. The van der Waals surface area contributed by atoms with E-state index in [1.165, 1.54) is 19.4 Å². The highest BCUT2D eigenvalue weighted by Gasteiger charge is 2.26. The van der Waals surface area contributed by atoms with Crippen LogP contribution in [0, 0.1) is 0 Å². The van der Waals surface area contributed by atoms with Gasteiger partial charge in [0.05, 0.1) is 19.2 Å². The third-order valence-corrected chi connectivity index (χ3v) is 3.28. The topological polar surface area (TPSA) is 33.9 Å². The molecular formula is C12H26NO2+. The molecule has 3 heteroatoms. The summed E-state index contributed by atoms with van der Waals surface area (Å²) in [7, 11) is 0. The quantitative estimate of drug-likeness (QED) is 0.597. The van der Waals surface area contributed by atoms with Gasteiger partial charge in [0.2, 0.25) is 0 Å². The molecule has 0 bridgehead atoms. The Hall–Kier alpha value is -0.120. The highest BCUT2D eigenvalue weighted by atomic mass is 16.5. The second-order valence-electron chi connectivity index (χ2n) is 4.74. The summed E-state index contributed by atoms with van der Waals surface area (Å²) in [4.78, 5) is 1.54. The molecule has 1 heterocycles. The molecule has 2 N–H and O–H groups in total. The van der Waals surface area contributed by atoms with Crippen molar-refractivity contribution in [2.75, 3.05) is 26.3 Å². The maximum absolute atomic E-state index is 9.78. The largest absolute Gasteiger partial charge is 0.385 e. The maximum atomic E-state index is 9.78. The predicted octanol–water partition coefficient (Wildman–Crippen LogP) is 0.231. The predicted molar refractivity (Wildman–Crippen MR) is 61.1 cm³/mol. The fourth-order valence-electron chi connectivity index (χ4n) is 2.22. The van der Waals surface area contributed by atoms with Gasteiger partial charge in [-0.1, -0.05) is 13.3 Å². The molecule has 0 aromatic carbocycles. The van der Waals surface area contributed by atoms with Crippen molar-refractivity contribution >= 4 is 0 Å². The molecule has 15 heavy (non-hydrogen) atoms. The summed E-state index contributed by atoms with van der Waals surface area (Å²) in [6.45, 7) is 7.79. The SMILES string of the molecule is CCCCOC[C@@H](O)C[NH+]1CCC[C@@H]1C. The number of unbranched alkanes of at least 4 members (excludes halogenated alkanes) is 1. The standard InChI is InChI=1S/C12H25NO2/c1-3-4-8-15-10-12(14)9-13-7-5-6-11(13)2/h11-12,14H,3-10H2,1-2H3/p+1/t11-,12-/m0/s1. The molecule has 0 amide bonds. The molecule has 1 aliphatic rings. The van der Waals surface area contributed by atoms with Gasteiger partial charge in [0.15, 0.2) is 0 Å². The minimum absolute atomic E-state index is 0.280. The van der Waals surface area contributed by atoms with E-state index in [-0.39, 0.29) is 6.10 Å². The van der Waals surface area contributed by atoms with E-state index in [1.54, 1.807) is 4.90 Å². The van der Waals surface area contributed by atoms with Crippen molar-refractivity contribution in [1.29, 1.82) is 0 Å². The van der Waals surface area contributed by atoms with E-state index in [0.29, 0.717) is 6.61 Å². The first-order valence-electron chi connectivity index (χ1n) is 6.34. The van der Waals surface area contributed by atoms with Gasteiger partial charge < -0.3 is 14.7 Å².